The largest absolute Gasteiger partial charge is 0.387 e. The molecule has 0 bridgehead atoms. The number of nitrogens with two attached hydrogens (primary N) is 1. The number of hydrogen-bond acceptors (Lipinski definition) is 1. The van der Waals surface area contributed by atoms with Crippen LogP contribution >= 0.6 is 0 Å². The molecule has 0 spiro atoms. The van der Waals surface area contributed by atoms with Gasteiger partial charge in [-0.05, 0) is 23.5 Å². The summed E-state index contributed by atoms with van der Waals surface area (Å²) < 4.78 is 0. The molecule has 0 amide bonds. The van der Waals surface area contributed by atoms with E-state index in [1.807, 2.05) is 6.92 Å². The first kappa shape index (κ1) is 11.8. The molecule has 0 saturated carbocycles. The molecule has 0 heterocycles. The third-order valence-corrected chi connectivity index (χ3v) is 2.59. The molecule has 2 heteroatoms. The molecule has 0 saturated heterocycles. The van der Waals surface area contributed by atoms with Gasteiger partial charge in [-0.3, -0.25) is 5.41 Å². The molecule has 3 N–H and O–H groups in total. The second kappa shape index (κ2) is 4.96. The Morgan fingerprint density at radius 2 is 1.73 bits per heavy atom. The summed E-state index contributed by atoms with van der Waals surface area (Å²) >= 11 is 0. The number of rotatable bonds is 4. The van der Waals surface area contributed by atoms with Gasteiger partial charge in [0.15, 0.2) is 0 Å². The Hall–Kier alpha value is -1.31. The SMILES string of the molecule is CC(C)Cc1ccc([C@@H](C)C(=N)N)cc1. The van der Waals surface area contributed by atoms with Gasteiger partial charge >= 0.3 is 0 Å². The van der Waals surface area contributed by atoms with Crippen molar-refractivity contribution in [1.29, 1.82) is 5.41 Å². The molecule has 0 unspecified atom stereocenters. The average molecular weight is 204 g/mol. The number of benzene rings is 1. The highest BCUT2D eigenvalue weighted by Crippen LogP contribution is 2.16. The van der Waals surface area contributed by atoms with Crippen molar-refractivity contribution in [3.8, 4) is 0 Å². The van der Waals surface area contributed by atoms with Crippen molar-refractivity contribution in [2.45, 2.75) is 33.1 Å². The molecular formula is C13H20N2. The van der Waals surface area contributed by atoms with Crippen LogP contribution in [0, 0.1) is 11.3 Å². The van der Waals surface area contributed by atoms with Crippen LogP contribution in [0.5, 0.6) is 0 Å². The Balaban J connectivity index is 2.76. The van der Waals surface area contributed by atoms with Crippen molar-refractivity contribution in [1.82, 2.24) is 0 Å². The van der Waals surface area contributed by atoms with E-state index in [1.165, 1.54) is 5.56 Å². The van der Waals surface area contributed by atoms with E-state index in [9.17, 15) is 0 Å². The van der Waals surface area contributed by atoms with Gasteiger partial charge in [0.2, 0.25) is 0 Å². The highest BCUT2D eigenvalue weighted by atomic mass is 14.7. The standard InChI is InChI=1S/C13H20N2/c1-9(2)8-11-4-6-12(7-5-11)10(3)13(14)15/h4-7,9-10H,8H2,1-3H3,(H3,14,15)/t10-/m1/s1. The van der Waals surface area contributed by atoms with Crippen LogP contribution in [0.1, 0.15) is 37.8 Å². The number of amidine groups is 1. The zero-order chi connectivity index (χ0) is 11.4. The maximum absolute atomic E-state index is 7.38. The van der Waals surface area contributed by atoms with Crippen molar-refractivity contribution in [3.63, 3.8) is 0 Å². The summed E-state index contributed by atoms with van der Waals surface area (Å²) in [6.45, 7) is 6.39. The maximum atomic E-state index is 7.38. The summed E-state index contributed by atoms with van der Waals surface area (Å²) in [6.07, 6.45) is 1.11. The van der Waals surface area contributed by atoms with E-state index in [0.29, 0.717) is 5.92 Å². The van der Waals surface area contributed by atoms with Gasteiger partial charge in [-0.15, -0.1) is 0 Å². The van der Waals surface area contributed by atoms with Gasteiger partial charge in [0, 0.05) is 5.92 Å². The van der Waals surface area contributed by atoms with Gasteiger partial charge in [0.1, 0.15) is 0 Å². The summed E-state index contributed by atoms with van der Waals surface area (Å²) in [7, 11) is 0. The molecule has 0 aliphatic rings. The number of nitrogens with one attached hydrogen (secondary N) is 1. The zero-order valence-electron chi connectivity index (χ0n) is 9.75. The summed E-state index contributed by atoms with van der Waals surface area (Å²) in [4.78, 5) is 0. The zero-order valence-corrected chi connectivity index (χ0v) is 9.75. The van der Waals surface area contributed by atoms with Crippen LogP contribution in [0.2, 0.25) is 0 Å². The Morgan fingerprint density at radius 3 is 2.13 bits per heavy atom. The van der Waals surface area contributed by atoms with E-state index in [2.05, 4.69) is 38.1 Å². The molecule has 0 aromatic heterocycles. The van der Waals surface area contributed by atoms with E-state index >= 15 is 0 Å². The molecule has 1 rings (SSSR count). The molecule has 15 heavy (non-hydrogen) atoms. The van der Waals surface area contributed by atoms with Crippen LogP contribution in [0.4, 0.5) is 0 Å². The molecule has 0 aliphatic carbocycles. The average Bonchev–Trinajstić information content (AvgIpc) is 2.17. The van der Waals surface area contributed by atoms with Crippen LogP contribution in [0.25, 0.3) is 0 Å². The van der Waals surface area contributed by atoms with Crippen LogP contribution in [0.3, 0.4) is 0 Å². The quantitative estimate of drug-likeness (QED) is 0.575. The molecule has 0 fully saturated rings. The monoisotopic (exact) mass is 204 g/mol. The molecule has 2 nitrogen and oxygen atoms in total. The van der Waals surface area contributed by atoms with Crippen LogP contribution in [-0.2, 0) is 6.42 Å². The van der Waals surface area contributed by atoms with Crippen molar-refractivity contribution in [2.75, 3.05) is 0 Å². The van der Waals surface area contributed by atoms with E-state index in [-0.39, 0.29) is 11.8 Å². The van der Waals surface area contributed by atoms with Crippen molar-refractivity contribution >= 4 is 5.84 Å². The van der Waals surface area contributed by atoms with Gasteiger partial charge in [-0.2, -0.15) is 0 Å². The number of hydrogen-bond donors (Lipinski definition) is 2. The first-order valence-corrected chi connectivity index (χ1v) is 5.43. The topological polar surface area (TPSA) is 49.9 Å². The lowest BCUT2D eigenvalue weighted by Crippen LogP contribution is -2.17. The predicted molar refractivity (Wildman–Crippen MR) is 65.3 cm³/mol. The Bertz CT molecular complexity index is 325. The Morgan fingerprint density at radius 1 is 1.20 bits per heavy atom. The van der Waals surface area contributed by atoms with E-state index in [0.717, 1.165) is 12.0 Å². The normalized spacial score (nSPS) is 12.8. The van der Waals surface area contributed by atoms with Crippen molar-refractivity contribution < 1.29 is 0 Å². The smallest absolute Gasteiger partial charge is 0.0979 e. The van der Waals surface area contributed by atoms with Gasteiger partial charge in [-0.1, -0.05) is 45.0 Å². The third kappa shape index (κ3) is 3.39. The van der Waals surface area contributed by atoms with Gasteiger partial charge < -0.3 is 5.73 Å². The second-order valence-corrected chi connectivity index (χ2v) is 4.52. The molecule has 82 valence electrons. The van der Waals surface area contributed by atoms with Crippen molar-refractivity contribution in [2.24, 2.45) is 11.7 Å². The maximum Gasteiger partial charge on any atom is 0.0979 e. The van der Waals surface area contributed by atoms with Crippen LogP contribution < -0.4 is 5.73 Å². The molecule has 1 aromatic rings. The summed E-state index contributed by atoms with van der Waals surface area (Å²) in [5.74, 6) is 0.936. The van der Waals surface area contributed by atoms with E-state index in [1.54, 1.807) is 0 Å². The van der Waals surface area contributed by atoms with Gasteiger partial charge in [0.05, 0.1) is 5.84 Å². The lowest BCUT2D eigenvalue weighted by Gasteiger charge is -2.11. The molecule has 0 aliphatic heterocycles. The molecular weight excluding hydrogens is 184 g/mol. The Kier molecular flexibility index (Phi) is 3.89. The summed E-state index contributed by atoms with van der Waals surface area (Å²) in [5.41, 5.74) is 7.94. The minimum atomic E-state index is 0.0260. The minimum absolute atomic E-state index is 0.0260. The van der Waals surface area contributed by atoms with E-state index in [4.69, 9.17) is 11.1 Å². The first-order chi connectivity index (χ1) is 7.00. The minimum Gasteiger partial charge on any atom is -0.387 e. The predicted octanol–water partition coefficient (Wildman–Crippen LogP) is 2.92. The lowest BCUT2D eigenvalue weighted by molar-refractivity contribution is 0.647. The highest BCUT2D eigenvalue weighted by molar-refractivity contribution is 5.84. The molecule has 0 radical (unpaired) electrons. The van der Waals surface area contributed by atoms with E-state index < -0.39 is 0 Å². The fraction of sp³-hybridized carbons (Fsp3) is 0.462. The van der Waals surface area contributed by atoms with Gasteiger partial charge in [-0.25, -0.2) is 0 Å². The third-order valence-electron chi connectivity index (χ3n) is 2.59. The summed E-state index contributed by atoms with van der Waals surface area (Å²) in [5, 5.41) is 7.38. The highest BCUT2D eigenvalue weighted by Gasteiger charge is 2.07. The van der Waals surface area contributed by atoms with Crippen molar-refractivity contribution in [3.05, 3.63) is 35.4 Å². The van der Waals surface area contributed by atoms with Crippen LogP contribution in [-0.4, -0.2) is 5.84 Å². The molecule has 1 atom stereocenters. The molecule has 1 aromatic carbocycles. The van der Waals surface area contributed by atoms with Crippen LogP contribution in [0.15, 0.2) is 24.3 Å². The first-order valence-electron chi connectivity index (χ1n) is 5.43. The fourth-order valence-electron chi connectivity index (χ4n) is 1.59. The fourth-order valence-corrected chi connectivity index (χ4v) is 1.59. The second-order valence-electron chi connectivity index (χ2n) is 4.52. The summed E-state index contributed by atoms with van der Waals surface area (Å²) in [6, 6.07) is 8.41. The Labute approximate surface area is 92.0 Å². The lowest BCUT2D eigenvalue weighted by atomic mass is 9.96. The van der Waals surface area contributed by atoms with Gasteiger partial charge in [0.25, 0.3) is 0 Å².